The Kier molecular flexibility index (Phi) is 6.69. The van der Waals surface area contributed by atoms with Gasteiger partial charge in [0.25, 0.3) is 5.91 Å². The van der Waals surface area contributed by atoms with Gasteiger partial charge in [0.1, 0.15) is 0 Å². The summed E-state index contributed by atoms with van der Waals surface area (Å²) in [5.41, 5.74) is 6.33. The van der Waals surface area contributed by atoms with Crippen molar-refractivity contribution in [1.29, 1.82) is 0 Å². The molecule has 2 aromatic rings. The van der Waals surface area contributed by atoms with Crippen LogP contribution in [0.2, 0.25) is 0 Å². The van der Waals surface area contributed by atoms with Gasteiger partial charge in [0.05, 0.1) is 24.8 Å². The highest BCUT2D eigenvalue weighted by Crippen LogP contribution is 2.38. The fourth-order valence-corrected chi connectivity index (χ4v) is 6.00. The molecule has 9 heteroatoms. The number of amides is 1. The SMILES string of the molecule is CC(=C1C(=O)Nc2ccc(CN3CSCC3C(=O)C=O)cc21)c1cc(CN2CCOCC2)c[nH]1. The normalized spacial score (nSPS) is 22.5. The second kappa shape index (κ2) is 9.87. The first-order valence-corrected chi connectivity index (χ1v) is 12.6. The molecule has 34 heavy (non-hydrogen) atoms. The molecule has 2 fully saturated rings. The average Bonchev–Trinajstić information content (AvgIpc) is 3.57. The van der Waals surface area contributed by atoms with Gasteiger partial charge in [-0.1, -0.05) is 6.07 Å². The number of rotatable bonds is 7. The summed E-state index contributed by atoms with van der Waals surface area (Å²) in [7, 11) is 0. The van der Waals surface area contributed by atoms with E-state index < -0.39 is 0 Å². The Hall–Kier alpha value is -2.72. The minimum Gasteiger partial charge on any atom is -0.379 e. The van der Waals surface area contributed by atoms with Gasteiger partial charge >= 0.3 is 0 Å². The summed E-state index contributed by atoms with van der Waals surface area (Å²) in [6.07, 6.45) is 2.43. The monoisotopic (exact) mass is 480 g/mol. The summed E-state index contributed by atoms with van der Waals surface area (Å²) in [6, 6.07) is 7.65. The molecule has 0 aliphatic carbocycles. The Balaban J connectivity index is 1.38. The van der Waals surface area contributed by atoms with Gasteiger partial charge in [0, 0.05) is 61.0 Å². The van der Waals surface area contributed by atoms with Crippen LogP contribution >= 0.6 is 11.8 Å². The summed E-state index contributed by atoms with van der Waals surface area (Å²) in [5.74, 6) is 0.847. The molecule has 1 unspecified atom stereocenters. The van der Waals surface area contributed by atoms with E-state index in [9.17, 15) is 14.4 Å². The summed E-state index contributed by atoms with van der Waals surface area (Å²) < 4.78 is 5.43. The lowest BCUT2D eigenvalue weighted by atomic mass is 9.98. The molecule has 3 aliphatic heterocycles. The maximum absolute atomic E-state index is 12.9. The first kappa shape index (κ1) is 23.0. The number of hydrogen-bond acceptors (Lipinski definition) is 7. The molecule has 0 radical (unpaired) electrons. The molecule has 0 bridgehead atoms. The van der Waals surface area contributed by atoms with Crippen LogP contribution in [0.3, 0.4) is 0 Å². The quantitative estimate of drug-likeness (QED) is 0.357. The molecule has 3 aliphatic rings. The van der Waals surface area contributed by atoms with E-state index in [0.29, 0.717) is 30.0 Å². The van der Waals surface area contributed by atoms with Crippen LogP contribution in [-0.2, 0) is 32.2 Å². The second-order valence-corrected chi connectivity index (χ2v) is 9.93. The molecule has 1 aromatic heterocycles. The van der Waals surface area contributed by atoms with Gasteiger partial charge in [-0.25, -0.2) is 0 Å². The summed E-state index contributed by atoms with van der Waals surface area (Å²) >= 11 is 1.65. The number of carbonyl (C=O) groups is 3. The zero-order chi connectivity index (χ0) is 23.7. The highest BCUT2D eigenvalue weighted by atomic mass is 32.2. The minimum absolute atomic E-state index is 0.111. The lowest BCUT2D eigenvalue weighted by molar-refractivity contribution is -0.132. The fourth-order valence-electron chi connectivity index (χ4n) is 4.79. The number of benzene rings is 1. The zero-order valence-electron chi connectivity index (χ0n) is 19.1. The Labute approximate surface area is 202 Å². The van der Waals surface area contributed by atoms with Crippen molar-refractivity contribution < 1.29 is 19.1 Å². The third kappa shape index (κ3) is 4.61. The highest BCUT2D eigenvalue weighted by Gasteiger charge is 2.32. The van der Waals surface area contributed by atoms with Gasteiger partial charge < -0.3 is 15.0 Å². The Bertz CT molecular complexity index is 1150. The molecule has 1 aromatic carbocycles. The molecule has 2 N–H and O–H groups in total. The maximum atomic E-state index is 12.9. The highest BCUT2D eigenvalue weighted by molar-refractivity contribution is 7.99. The Morgan fingerprint density at radius 3 is 2.82 bits per heavy atom. The van der Waals surface area contributed by atoms with E-state index in [-0.39, 0.29) is 17.7 Å². The molecule has 4 heterocycles. The molecule has 1 amide bonds. The van der Waals surface area contributed by atoms with Gasteiger partial charge in [0.2, 0.25) is 5.78 Å². The van der Waals surface area contributed by atoms with E-state index in [1.54, 1.807) is 11.8 Å². The van der Waals surface area contributed by atoms with E-state index in [0.717, 1.165) is 60.9 Å². The molecule has 178 valence electrons. The average molecular weight is 481 g/mol. The lowest BCUT2D eigenvalue weighted by Crippen LogP contribution is -2.37. The number of aromatic nitrogens is 1. The van der Waals surface area contributed by atoms with Gasteiger partial charge in [-0.2, -0.15) is 0 Å². The van der Waals surface area contributed by atoms with Crippen molar-refractivity contribution in [3.8, 4) is 0 Å². The molecule has 2 saturated heterocycles. The van der Waals surface area contributed by atoms with Crippen LogP contribution in [0.5, 0.6) is 0 Å². The maximum Gasteiger partial charge on any atom is 0.256 e. The largest absolute Gasteiger partial charge is 0.379 e. The first-order chi connectivity index (χ1) is 16.5. The number of H-pyrrole nitrogens is 1. The third-order valence-electron chi connectivity index (χ3n) is 6.66. The topological polar surface area (TPSA) is 94.7 Å². The van der Waals surface area contributed by atoms with Crippen LogP contribution in [-0.4, -0.2) is 76.7 Å². The molecule has 1 atom stereocenters. The number of nitrogens with one attached hydrogen (secondary N) is 2. The number of thioether (sulfide) groups is 1. The zero-order valence-corrected chi connectivity index (χ0v) is 20.0. The first-order valence-electron chi connectivity index (χ1n) is 11.5. The number of aromatic amines is 1. The van der Waals surface area contributed by atoms with E-state index in [2.05, 4.69) is 21.3 Å². The van der Waals surface area contributed by atoms with Gasteiger partial charge in [-0.05, 0) is 41.8 Å². The molecule has 0 spiro atoms. The predicted molar refractivity (Wildman–Crippen MR) is 132 cm³/mol. The number of allylic oxidation sites excluding steroid dienone is 1. The number of morpholine rings is 1. The number of Topliss-reactive ketones (excluding diaryl/α,β-unsaturated/α-hetero) is 1. The van der Waals surface area contributed by atoms with Crippen LogP contribution in [0.15, 0.2) is 30.5 Å². The Morgan fingerprint density at radius 1 is 1.21 bits per heavy atom. The fraction of sp³-hybridized carbons (Fsp3) is 0.400. The summed E-state index contributed by atoms with van der Waals surface area (Å²) in [5, 5.41) is 2.98. The number of ketones is 1. The van der Waals surface area contributed by atoms with Crippen molar-refractivity contribution in [2.75, 3.05) is 43.2 Å². The van der Waals surface area contributed by atoms with Crippen LogP contribution in [0.4, 0.5) is 5.69 Å². The van der Waals surface area contributed by atoms with Crippen LogP contribution in [0.1, 0.15) is 29.3 Å². The summed E-state index contributed by atoms with van der Waals surface area (Å²) in [6.45, 7) is 6.75. The van der Waals surface area contributed by atoms with Crippen molar-refractivity contribution in [3.05, 3.63) is 52.8 Å². The van der Waals surface area contributed by atoms with E-state index in [1.807, 2.05) is 36.2 Å². The van der Waals surface area contributed by atoms with Gasteiger partial charge in [-0.3, -0.25) is 24.2 Å². The number of carbonyl (C=O) groups excluding carboxylic acids is 3. The molecular formula is C25H28N4O4S. The predicted octanol–water partition coefficient (Wildman–Crippen LogP) is 2.37. The van der Waals surface area contributed by atoms with Gasteiger partial charge in [-0.15, -0.1) is 11.8 Å². The van der Waals surface area contributed by atoms with E-state index in [1.165, 1.54) is 5.56 Å². The molecule has 0 saturated carbocycles. The summed E-state index contributed by atoms with van der Waals surface area (Å²) in [4.78, 5) is 43.6. The van der Waals surface area contributed by atoms with E-state index >= 15 is 0 Å². The van der Waals surface area contributed by atoms with Crippen molar-refractivity contribution in [3.63, 3.8) is 0 Å². The number of aldehydes is 1. The van der Waals surface area contributed by atoms with Crippen molar-refractivity contribution in [2.24, 2.45) is 0 Å². The molecular weight excluding hydrogens is 452 g/mol. The van der Waals surface area contributed by atoms with Crippen molar-refractivity contribution in [2.45, 2.75) is 26.1 Å². The third-order valence-corrected chi connectivity index (χ3v) is 7.73. The van der Waals surface area contributed by atoms with Crippen molar-refractivity contribution >= 4 is 46.6 Å². The van der Waals surface area contributed by atoms with Crippen LogP contribution in [0.25, 0.3) is 11.1 Å². The second-order valence-electron chi connectivity index (χ2n) is 8.93. The minimum atomic E-state index is -0.379. The van der Waals surface area contributed by atoms with E-state index in [4.69, 9.17) is 4.74 Å². The van der Waals surface area contributed by atoms with Crippen molar-refractivity contribution in [1.82, 2.24) is 14.8 Å². The van der Waals surface area contributed by atoms with Gasteiger partial charge in [0.15, 0.2) is 6.29 Å². The number of nitrogens with zero attached hydrogens (tertiary/aromatic N) is 2. The van der Waals surface area contributed by atoms with Crippen LogP contribution in [0, 0.1) is 0 Å². The Morgan fingerprint density at radius 2 is 2.03 bits per heavy atom. The number of hydrogen-bond donors (Lipinski definition) is 2. The lowest BCUT2D eigenvalue weighted by Gasteiger charge is -2.25. The molecule has 8 nitrogen and oxygen atoms in total. The number of fused-ring (bicyclic) bond motifs is 1. The number of anilines is 1. The number of ether oxygens (including phenoxy) is 1. The smallest absolute Gasteiger partial charge is 0.256 e. The molecule has 5 rings (SSSR count). The standard InChI is InChI=1S/C25H28N4O4S/c1-16(21-9-18(10-26-21)11-28-4-6-33-7-5-28)24-19-8-17(2-3-20(19)27-25(24)32)12-29-15-34-14-22(29)23(31)13-30/h2-3,8-10,13,22,26H,4-7,11-12,14-15H2,1H3,(H,27,32). The van der Waals surface area contributed by atoms with Crippen LogP contribution < -0.4 is 5.32 Å².